The molecule has 2 aromatic rings. The fourth-order valence-corrected chi connectivity index (χ4v) is 2.06. The summed E-state index contributed by atoms with van der Waals surface area (Å²) in [5, 5.41) is 10.8. The summed E-state index contributed by atoms with van der Waals surface area (Å²) in [5.74, 6) is 0. The van der Waals surface area contributed by atoms with Crippen molar-refractivity contribution in [2.45, 2.75) is 0 Å². The Morgan fingerprint density at radius 1 is 1.11 bits per heavy atom. The minimum atomic E-state index is 0. The van der Waals surface area contributed by atoms with Crippen molar-refractivity contribution in [1.82, 2.24) is 15.6 Å². The van der Waals surface area contributed by atoms with Crippen LogP contribution < -0.4 is 10.2 Å². The molecule has 96 valence electrons. The molecular weight excluding hydrogens is 252 g/mol. The highest BCUT2D eigenvalue weighted by molar-refractivity contribution is 5.85. The first-order valence-corrected chi connectivity index (χ1v) is 5.77. The lowest BCUT2D eigenvalue weighted by Gasteiger charge is -2.29. The Morgan fingerprint density at radius 2 is 1.83 bits per heavy atom. The Labute approximate surface area is 112 Å². The highest BCUT2D eigenvalue weighted by Gasteiger charge is 2.10. The van der Waals surface area contributed by atoms with Crippen LogP contribution in [0.25, 0.3) is 11.3 Å². The molecule has 0 spiro atoms. The highest BCUT2D eigenvalue weighted by Crippen LogP contribution is 2.21. The Balaban J connectivity index is 0.00000120. The van der Waals surface area contributed by atoms with Crippen LogP contribution in [-0.2, 0) is 0 Å². The van der Waals surface area contributed by atoms with Crippen molar-refractivity contribution in [2.24, 2.45) is 0 Å². The van der Waals surface area contributed by atoms with E-state index < -0.39 is 0 Å². The van der Waals surface area contributed by atoms with E-state index in [1.165, 1.54) is 5.69 Å². The van der Waals surface area contributed by atoms with Crippen molar-refractivity contribution < 1.29 is 4.63 Å². The highest BCUT2D eigenvalue weighted by atomic mass is 35.5. The SMILES string of the molecule is Cl.c1cc(N2CCNCC2)ccc1-c1cnon1. The summed E-state index contributed by atoms with van der Waals surface area (Å²) >= 11 is 0. The molecule has 1 N–H and O–H groups in total. The van der Waals surface area contributed by atoms with Crippen LogP contribution >= 0.6 is 12.4 Å². The molecule has 6 heteroatoms. The number of halogens is 1. The fraction of sp³-hybridized carbons (Fsp3) is 0.333. The molecule has 1 aliphatic heterocycles. The first kappa shape index (κ1) is 12.9. The van der Waals surface area contributed by atoms with Gasteiger partial charge in [0.1, 0.15) is 5.69 Å². The predicted octanol–water partition coefficient (Wildman–Crippen LogP) is 1.57. The number of rotatable bonds is 2. The number of nitrogens with zero attached hydrogens (tertiary/aromatic N) is 3. The number of aromatic nitrogens is 2. The van der Waals surface area contributed by atoms with Crippen molar-refractivity contribution in [1.29, 1.82) is 0 Å². The Kier molecular flexibility index (Phi) is 4.17. The van der Waals surface area contributed by atoms with E-state index in [2.05, 4.69) is 49.4 Å². The van der Waals surface area contributed by atoms with Crippen LogP contribution in [0.1, 0.15) is 0 Å². The van der Waals surface area contributed by atoms with E-state index in [9.17, 15) is 0 Å². The van der Waals surface area contributed by atoms with E-state index in [1.54, 1.807) is 6.20 Å². The number of nitrogens with one attached hydrogen (secondary N) is 1. The van der Waals surface area contributed by atoms with Crippen LogP contribution in [0.4, 0.5) is 5.69 Å². The van der Waals surface area contributed by atoms with Crippen molar-refractivity contribution in [3.05, 3.63) is 30.5 Å². The first-order valence-electron chi connectivity index (χ1n) is 5.77. The fourth-order valence-electron chi connectivity index (χ4n) is 2.06. The molecule has 1 aromatic heterocycles. The molecule has 18 heavy (non-hydrogen) atoms. The van der Waals surface area contributed by atoms with Gasteiger partial charge in [0.2, 0.25) is 0 Å². The van der Waals surface area contributed by atoms with Gasteiger partial charge < -0.3 is 10.2 Å². The Morgan fingerprint density at radius 3 is 2.44 bits per heavy atom. The molecule has 0 unspecified atom stereocenters. The third-order valence-corrected chi connectivity index (χ3v) is 3.01. The van der Waals surface area contributed by atoms with Crippen molar-refractivity contribution >= 4 is 18.1 Å². The van der Waals surface area contributed by atoms with E-state index in [-0.39, 0.29) is 12.4 Å². The number of anilines is 1. The molecule has 0 amide bonds. The van der Waals surface area contributed by atoms with Gasteiger partial charge in [0.15, 0.2) is 0 Å². The molecule has 1 fully saturated rings. The summed E-state index contributed by atoms with van der Waals surface area (Å²) in [7, 11) is 0. The molecule has 5 nitrogen and oxygen atoms in total. The normalized spacial score (nSPS) is 15.2. The van der Waals surface area contributed by atoms with Gasteiger partial charge in [-0.15, -0.1) is 12.4 Å². The lowest BCUT2D eigenvalue weighted by Crippen LogP contribution is -2.43. The van der Waals surface area contributed by atoms with E-state index in [4.69, 9.17) is 0 Å². The minimum absolute atomic E-state index is 0. The van der Waals surface area contributed by atoms with Crippen LogP contribution in [0.3, 0.4) is 0 Å². The number of hydrogen-bond acceptors (Lipinski definition) is 5. The van der Waals surface area contributed by atoms with Crippen LogP contribution in [0, 0.1) is 0 Å². The van der Waals surface area contributed by atoms with Gasteiger partial charge in [0.05, 0.1) is 6.20 Å². The molecule has 0 aliphatic carbocycles. The van der Waals surface area contributed by atoms with Gasteiger partial charge in [-0.1, -0.05) is 17.3 Å². The molecule has 1 saturated heterocycles. The average Bonchev–Trinajstić information content (AvgIpc) is 2.94. The second-order valence-electron chi connectivity index (χ2n) is 4.08. The van der Waals surface area contributed by atoms with Gasteiger partial charge in [-0.25, -0.2) is 4.63 Å². The zero-order chi connectivity index (χ0) is 11.5. The van der Waals surface area contributed by atoms with E-state index >= 15 is 0 Å². The molecule has 1 aliphatic rings. The molecule has 1 aromatic carbocycles. The third kappa shape index (κ3) is 2.63. The Bertz CT molecular complexity index is 465. The van der Waals surface area contributed by atoms with Gasteiger partial charge in [-0.05, 0) is 17.3 Å². The number of benzene rings is 1. The van der Waals surface area contributed by atoms with Crippen molar-refractivity contribution in [3.8, 4) is 11.3 Å². The van der Waals surface area contributed by atoms with Gasteiger partial charge >= 0.3 is 0 Å². The standard InChI is InChI=1S/C12H14N4O.ClH/c1-3-11(16-7-5-13-6-8-16)4-2-10(1)12-9-14-17-15-12;/h1-4,9,13H,5-8H2;1H. The maximum absolute atomic E-state index is 4.60. The molecule has 0 bridgehead atoms. The first-order chi connectivity index (χ1) is 8.43. The van der Waals surface area contributed by atoms with E-state index in [0.29, 0.717) is 0 Å². The summed E-state index contributed by atoms with van der Waals surface area (Å²) in [6, 6.07) is 8.35. The molecule has 0 saturated carbocycles. The van der Waals surface area contributed by atoms with Gasteiger partial charge in [-0.3, -0.25) is 0 Å². The van der Waals surface area contributed by atoms with E-state index in [1.807, 2.05) is 0 Å². The second kappa shape index (κ2) is 5.84. The monoisotopic (exact) mass is 266 g/mol. The van der Waals surface area contributed by atoms with Crippen LogP contribution in [0.2, 0.25) is 0 Å². The summed E-state index contributed by atoms with van der Waals surface area (Å²) in [6.07, 6.45) is 1.62. The summed E-state index contributed by atoms with van der Waals surface area (Å²) in [4.78, 5) is 2.38. The zero-order valence-corrected chi connectivity index (χ0v) is 10.7. The van der Waals surface area contributed by atoms with Crippen molar-refractivity contribution in [3.63, 3.8) is 0 Å². The number of piperazine rings is 1. The largest absolute Gasteiger partial charge is 0.369 e. The minimum Gasteiger partial charge on any atom is -0.369 e. The van der Waals surface area contributed by atoms with Gasteiger partial charge in [-0.2, -0.15) is 0 Å². The molecular formula is C12H15ClN4O. The molecule has 3 rings (SSSR count). The molecule has 0 radical (unpaired) electrons. The maximum Gasteiger partial charge on any atom is 0.135 e. The molecule has 2 heterocycles. The quantitative estimate of drug-likeness (QED) is 0.894. The summed E-state index contributed by atoms with van der Waals surface area (Å²) < 4.78 is 4.60. The van der Waals surface area contributed by atoms with Gasteiger partial charge in [0, 0.05) is 37.4 Å². The maximum atomic E-state index is 4.60. The lowest BCUT2D eigenvalue weighted by atomic mass is 10.1. The molecule has 0 atom stereocenters. The van der Waals surface area contributed by atoms with Crippen LogP contribution in [0.15, 0.2) is 35.1 Å². The average molecular weight is 267 g/mol. The number of hydrogen-bond donors (Lipinski definition) is 1. The van der Waals surface area contributed by atoms with Crippen LogP contribution in [0.5, 0.6) is 0 Å². The topological polar surface area (TPSA) is 54.2 Å². The second-order valence-corrected chi connectivity index (χ2v) is 4.08. The Hall–Kier alpha value is -1.59. The zero-order valence-electron chi connectivity index (χ0n) is 9.87. The summed E-state index contributed by atoms with van der Waals surface area (Å²) in [6.45, 7) is 4.22. The third-order valence-electron chi connectivity index (χ3n) is 3.01. The lowest BCUT2D eigenvalue weighted by molar-refractivity contribution is 0.308. The smallest absolute Gasteiger partial charge is 0.135 e. The van der Waals surface area contributed by atoms with Gasteiger partial charge in [0.25, 0.3) is 0 Å². The summed E-state index contributed by atoms with van der Waals surface area (Å²) in [5.41, 5.74) is 3.06. The predicted molar refractivity (Wildman–Crippen MR) is 72.1 cm³/mol. The van der Waals surface area contributed by atoms with Crippen molar-refractivity contribution in [2.75, 3.05) is 31.1 Å². The van der Waals surface area contributed by atoms with E-state index in [0.717, 1.165) is 37.4 Å². The van der Waals surface area contributed by atoms with Crippen LogP contribution in [-0.4, -0.2) is 36.5 Å².